The first kappa shape index (κ1) is 14.1. The molecule has 0 unspecified atom stereocenters. The molecule has 1 saturated heterocycles. The number of nitrogens with one attached hydrogen (secondary N) is 2. The number of halogens is 1. The summed E-state index contributed by atoms with van der Waals surface area (Å²) >= 11 is 1.80. The highest BCUT2D eigenvalue weighted by Crippen LogP contribution is 2.43. The molecule has 3 nitrogen and oxygen atoms in total. The van der Waals surface area contributed by atoms with Gasteiger partial charge in [-0.2, -0.15) is 0 Å². The minimum absolute atomic E-state index is 0. The van der Waals surface area contributed by atoms with Gasteiger partial charge in [0.2, 0.25) is 5.91 Å². The van der Waals surface area contributed by atoms with Crippen molar-refractivity contribution in [2.24, 2.45) is 5.41 Å². The van der Waals surface area contributed by atoms with Crippen molar-refractivity contribution in [3.8, 4) is 0 Å². The van der Waals surface area contributed by atoms with Gasteiger partial charge < -0.3 is 5.32 Å². The molecule has 1 saturated carbocycles. The smallest absolute Gasteiger partial charge is 0.238 e. The zero-order valence-electron chi connectivity index (χ0n) is 9.75. The molecule has 0 aromatic rings. The Morgan fingerprint density at radius 2 is 2.31 bits per heavy atom. The molecule has 2 rings (SSSR count). The Bertz CT molecular complexity index is 235. The molecule has 2 fully saturated rings. The van der Waals surface area contributed by atoms with Gasteiger partial charge in [-0.15, -0.1) is 24.2 Å². The topological polar surface area (TPSA) is 41.1 Å². The summed E-state index contributed by atoms with van der Waals surface area (Å²) < 4.78 is 0. The molecule has 1 atom stereocenters. The van der Waals surface area contributed by atoms with Crippen molar-refractivity contribution >= 4 is 30.1 Å². The quantitative estimate of drug-likeness (QED) is 0.813. The third-order valence-corrected chi connectivity index (χ3v) is 4.77. The van der Waals surface area contributed by atoms with Crippen molar-refractivity contribution < 1.29 is 4.79 Å². The van der Waals surface area contributed by atoms with Crippen LogP contribution in [0.5, 0.6) is 0 Å². The van der Waals surface area contributed by atoms with Crippen LogP contribution in [0.1, 0.15) is 32.6 Å². The van der Waals surface area contributed by atoms with Crippen LogP contribution in [0.4, 0.5) is 0 Å². The van der Waals surface area contributed by atoms with Gasteiger partial charge in [0.1, 0.15) is 0 Å². The number of amides is 1. The SMILES string of the molecule is CCC1(CNC(=O)[C@H]2CSCN2)CCC1.Cl. The molecule has 16 heavy (non-hydrogen) atoms. The van der Waals surface area contributed by atoms with Gasteiger partial charge in [-0.05, 0) is 24.7 Å². The monoisotopic (exact) mass is 264 g/mol. The maximum Gasteiger partial charge on any atom is 0.238 e. The summed E-state index contributed by atoms with van der Waals surface area (Å²) in [7, 11) is 0. The van der Waals surface area contributed by atoms with Crippen molar-refractivity contribution in [2.75, 3.05) is 18.2 Å². The highest BCUT2D eigenvalue weighted by molar-refractivity contribution is 7.99. The Morgan fingerprint density at radius 1 is 1.56 bits per heavy atom. The Morgan fingerprint density at radius 3 is 2.75 bits per heavy atom. The maximum absolute atomic E-state index is 11.8. The van der Waals surface area contributed by atoms with Crippen LogP contribution in [0.25, 0.3) is 0 Å². The lowest BCUT2D eigenvalue weighted by Crippen LogP contribution is -2.48. The molecule has 1 aliphatic carbocycles. The second-order valence-corrected chi connectivity index (χ2v) is 5.73. The number of rotatable bonds is 4. The normalized spacial score (nSPS) is 26.7. The first-order valence-corrected chi connectivity index (χ1v) is 7.00. The van der Waals surface area contributed by atoms with Gasteiger partial charge in [-0.3, -0.25) is 10.1 Å². The van der Waals surface area contributed by atoms with E-state index in [1.165, 1.54) is 25.7 Å². The summed E-state index contributed by atoms with van der Waals surface area (Å²) in [6, 6.07) is 0.0454. The molecule has 94 valence electrons. The minimum atomic E-state index is 0. The first-order valence-electron chi connectivity index (χ1n) is 5.85. The van der Waals surface area contributed by atoms with E-state index in [2.05, 4.69) is 17.6 Å². The van der Waals surface area contributed by atoms with Crippen molar-refractivity contribution in [2.45, 2.75) is 38.6 Å². The van der Waals surface area contributed by atoms with E-state index in [1.807, 2.05) is 0 Å². The van der Waals surface area contributed by atoms with E-state index in [-0.39, 0.29) is 24.4 Å². The molecule has 0 aromatic heterocycles. The van der Waals surface area contributed by atoms with Gasteiger partial charge in [0, 0.05) is 18.2 Å². The van der Waals surface area contributed by atoms with Gasteiger partial charge in [0.05, 0.1) is 6.04 Å². The summed E-state index contributed by atoms with van der Waals surface area (Å²) in [5.41, 5.74) is 0.432. The molecular formula is C11H21ClN2OS. The fourth-order valence-electron chi connectivity index (χ4n) is 2.29. The van der Waals surface area contributed by atoms with Crippen LogP contribution in [0, 0.1) is 5.41 Å². The predicted octanol–water partition coefficient (Wildman–Crippen LogP) is 1.77. The second kappa shape index (κ2) is 6.12. The third-order valence-electron chi connectivity index (χ3n) is 3.83. The predicted molar refractivity (Wildman–Crippen MR) is 71.1 cm³/mol. The Labute approximate surface area is 108 Å². The lowest BCUT2D eigenvalue weighted by atomic mass is 9.67. The highest BCUT2D eigenvalue weighted by Gasteiger charge is 2.35. The van der Waals surface area contributed by atoms with Crippen molar-refractivity contribution in [3.63, 3.8) is 0 Å². The number of hydrogen-bond acceptors (Lipinski definition) is 3. The van der Waals surface area contributed by atoms with Gasteiger partial charge in [-0.1, -0.05) is 13.3 Å². The second-order valence-electron chi connectivity index (χ2n) is 4.70. The first-order chi connectivity index (χ1) is 7.26. The van der Waals surface area contributed by atoms with Crippen LogP contribution in [0.15, 0.2) is 0 Å². The molecule has 2 aliphatic rings. The van der Waals surface area contributed by atoms with E-state index in [4.69, 9.17) is 0 Å². The summed E-state index contributed by atoms with van der Waals surface area (Å²) in [6.07, 6.45) is 5.11. The summed E-state index contributed by atoms with van der Waals surface area (Å²) in [6.45, 7) is 3.11. The van der Waals surface area contributed by atoms with Gasteiger partial charge in [-0.25, -0.2) is 0 Å². The third kappa shape index (κ3) is 3.05. The van der Waals surface area contributed by atoms with E-state index >= 15 is 0 Å². The van der Waals surface area contributed by atoms with Crippen molar-refractivity contribution in [1.82, 2.24) is 10.6 Å². The fraction of sp³-hybridized carbons (Fsp3) is 0.909. The Kier molecular flexibility index (Phi) is 5.41. The van der Waals surface area contributed by atoms with Crippen molar-refractivity contribution in [3.05, 3.63) is 0 Å². The average molecular weight is 265 g/mol. The standard InChI is InChI=1S/C11H20N2OS.ClH/c1-2-11(4-3-5-11)7-12-10(14)9-6-15-8-13-9;/h9,13H,2-8H2,1H3,(H,12,14);1H/t9-;/m1./s1. The summed E-state index contributed by atoms with van der Waals surface area (Å²) in [4.78, 5) is 11.8. The number of thioether (sulfide) groups is 1. The van der Waals surface area contributed by atoms with Crippen LogP contribution < -0.4 is 10.6 Å². The molecule has 0 radical (unpaired) electrons. The van der Waals surface area contributed by atoms with E-state index in [9.17, 15) is 4.79 Å². The summed E-state index contributed by atoms with van der Waals surface area (Å²) in [5.74, 6) is 2.03. The number of carbonyl (C=O) groups excluding carboxylic acids is 1. The number of carbonyl (C=O) groups is 1. The molecule has 0 aromatic carbocycles. The molecule has 0 spiro atoms. The molecule has 0 bridgehead atoms. The molecule has 1 heterocycles. The van der Waals surface area contributed by atoms with Gasteiger partial charge >= 0.3 is 0 Å². The largest absolute Gasteiger partial charge is 0.354 e. The molecule has 2 N–H and O–H groups in total. The van der Waals surface area contributed by atoms with E-state index in [0.29, 0.717) is 5.41 Å². The molecule has 5 heteroatoms. The lowest BCUT2D eigenvalue weighted by Gasteiger charge is -2.41. The highest BCUT2D eigenvalue weighted by atomic mass is 35.5. The van der Waals surface area contributed by atoms with Crippen LogP contribution in [0.3, 0.4) is 0 Å². The zero-order valence-corrected chi connectivity index (χ0v) is 11.4. The Balaban J connectivity index is 0.00000128. The number of hydrogen-bond donors (Lipinski definition) is 2. The maximum atomic E-state index is 11.8. The summed E-state index contributed by atoms with van der Waals surface area (Å²) in [5, 5.41) is 6.30. The van der Waals surface area contributed by atoms with E-state index < -0.39 is 0 Å². The van der Waals surface area contributed by atoms with E-state index in [0.717, 1.165) is 18.2 Å². The van der Waals surface area contributed by atoms with Gasteiger partial charge in [0.15, 0.2) is 0 Å². The van der Waals surface area contributed by atoms with Crippen molar-refractivity contribution in [1.29, 1.82) is 0 Å². The van der Waals surface area contributed by atoms with Gasteiger partial charge in [0.25, 0.3) is 0 Å². The van der Waals surface area contributed by atoms with Crippen LogP contribution >= 0.6 is 24.2 Å². The lowest BCUT2D eigenvalue weighted by molar-refractivity contribution is -0.123. The zero-order chi connectivity index (χ0) is 10.7. The molecule has 1 amide bonds. The van der Waals surface area contributed by atoms with E-state index in [1.54, 1.807) is 11.8 Å². The molecule has 1 aliphatic heterocycles. The fourth-order valence-corrected chi connectivity index (χ4v) is 3.24. The van der Waals surface area contributed by atoms with Crippen LogP contribution in [-0.4, -0.2) is 30.1 Å². The van der Waals surface area contributed by atoms with Crippen LogP contribution in [0.2, 0.25) is 0 Å². The minimum Gasteiger partial charge on any atom is -0.354 e. The average Bonchev–Trinajstić information content (AvgIpc) is 2.69. The van der Waals surface area contributed by atoms with Crippen LogP contribution in [-0.2, 0) is 4.79 Å². The Hall–Kier alpha value is 0.0700. The molecular weight excluding hydrogens is 244 g/mol.